The summed E-state index contributed by atoms with van der Waals surface area (Å²) in [7, 11) is 4.63. The van der Waals surface area contributed by atoms with E-state index in [1.807, 2.05) is 23.1 Å². The van der Waals surface area contributed by atoms with Crippen LogP contribution in [0.5, 0.6) is 17.2 Å². The maximum Gasteiger partial charge on any atom is 0.258 e. The van der Waals surface area contributed by atoms with Crippen LogP contribution < -0.4 is 24.0 Å². The number of nitrogens with zero attached hydrogens (tertiary/aromatic N) is 2. The number of hydrogen-bond acceptors (Lipinski definition) is 5. The Balaban J connectivity index is 2.03. The van der Waals surface area contributed by atoms with E-state index in [0.29, 0.717) is 35.4 Å². The van der Waals surface area contributed by atoms with Crippen LogP contribution in [0.15, 0.2) is 36.4 Å². The van der Waals surface area contributed by atoms with Gasteiger partial charge in [-0.2, -0.15) is 0 Å². The van der Waals surface area contributed by atoms with Gasteiger partial charge in [0.2, 0.25) is 5.75 Å². The van der Waals surface area contributed by atoms with Crippen molar-refractivity contribution in [1.29, 1.82) is 0 Å². The molecular formula is C21H26N2O4. The van der Waals surface area contributed by atoms with E-state index in [0.717, 1.165) is 17.9 Å². The number of ether oxygens (including phenoxy) is 3. The topological polar surface area (TPSA) is 51.2 Å². The van der Waals surface area contributed by atoms with Crippen LogP contribution in [0.3, 0.4) is 0 Å². The molecule has 0 aliphatic carbocycles. The molecule has 27 heavy (non-hydrogen) atoms. The van der Waals surface area contributed by atoms with Crippen molar-refractivity contribution in [2.45, 2.75) is 19.9 Å². The molecule has 0 unspecified atom stereocenters. The summed E-state index contributed by atoms with van der Waals surface area (Å²) in [5.41, 5.74) is 2.48. The molecule has 3 rings (SSSR count). The van der Waals surface area contributed by atoms with Crippen molar-refractivity contribution in [3.05, 3.63) is 42.0 Å². The van der Waals surface area contributed by atoms with Gasteiger partial charge < -0.3 is 24.0 Å². The van der Waals surface area contributed by atoms with Gasteiger partial charge in [-0.05, 0) is 38.1 Å². The van der Waals surface area contributed by atoms with E-state index < -0.39 is 0 Å². The molecule has 0 bridgehead atoms. The molecule has 6 heteroatoms. The average Bonchev–Trinajstić information content (AvgIpc) is 2.70. The minimum atomic E-state index is -0.0925. The third-order valence-electron chi connectivity index (χ3n) is 4.83. The second-order valence-corrected chi connectivity index (χ2v) is 6.65. The van der Waals surface area contributed by atoms with Crippen LogP contribution in [0.1, 0.15) is 24.2 Å². The van der Waals surface area contributed by atoms with Crippen molar-refractivity contribution in [2.24, 2.45) is 0 Å². The molecule has 0 aromatic heterocycles. The van der Waals surface area contributed by atoms with Crippen LogP contribution in [0.25, 0.3) is 0 Å². The molecule has 0 spiro atoms. The maximum absolute atomic E-state index is 13.3. The molecule has 1 aliphatic rings. The number of rotatable bonds is 5. The Hall–Kier alpha value is -2.89. The van der Waals surface area contributed by atoms with Crippen molar-refractivity contribution in [2.75, 3.05) is 44.2 Å². The summed E-state index contributed by atoms with van der Waals surface area (Å²) in [6, 6.07) is 11.8. The number of carbonyl (C=O) groups excluding carboxylic acids is 1. The van der Waals surface area contributed by atoms with Gasteiger partial charge in [0.15, 0.2) is 11.5 Å². The highest BCUT2D eigenvalue weighted by Crippen LogP contribution is 2.40. The lowest BCUT2D eigenvalue weighted by Gasteiger charge is -2.40. The summed E-state index contributed by atoms with van der Waals surface area (Å²) in [5.74, 6) is 1.32. The molecule has 0 radical (unpaired) electrons. The zero-order chi connectivity index (χ0) is 19.6. The van der Waals surface area contributed by atoms with Crippen LogP contribution in [0.4, 0.5) is 11.4 Å². The molecule has 144 valence electrons. The quantitative estimate of drug-likeness (QED) is 0.805. The molecule has 0 atom stereocenters. The lowest BCUT2D eigenvalue weighted by molar-refractivity contribution is 0.0985. The molecule has 0 fully saturated rings. The van der Waals surface area contributed by atoms with E-state index in [2.05, 4.69) is 24.8 Å². The van der Waals surface area contributed by atoms with Crippen molar-refractivity contribution in [3.63, 3.8) is 0 Å². The Morgan fingerprint density at radius 2 is 1.52 bits per heavy atom. The monoisotopic (exact) mass is 370 g/mol. The second-order valence-electron chi connectivity index (χ2n) is 6.65. The standard InChI is InChI=1S/C21H26N2O4/c1-14(2)22-10-11-23(17-9-7-6-8-16(17)22)21(24)15-12-18(25-3)20(27-5)19(13-15)26-4/h6-9,12-14H,10-11H2,1-5H3. The van der Waals surface area contributed by atoms with E-state index in [9.17, 15) is 4.79 Å². The summed E-state index contributed by atoms with van der Waals surface area (Å²) in [6.07, 6.45) is 0. The third kappa shape index (κ3) is 3.39. The Labute approximate surface area is 160 Å². The fourth-order valence-corrected chi connectivity index (χ4v) is 3.49. The minimum absolute atomic E-state index is 0.0925. The van der Waals surface area contributed by atoms with Gasteiger partial charge in [0, 0.05) is 24.7 Å². The number of methoxy groups -OCH3 is 3. The van der Waals surface area contributed by atoms with Gasteiger partial charge in [-0.15, -0.1) is 0 Å². The fourth-order valence-electron chi connectivity index (χ4n) is 3.49. The average molecular weight is 370 g/mol. The van der Waals surface area contributed by atoms with E-state index in [-0.39, 0.29) is 5.91 Å². The van der Waals surface area contributed by atoms with Gasteiger partial charge in [-0.25, -0.2) is 0 Å². The molecule has 0 N–H and O–H groups in total. The smallest absolute Gasteiger partial charge is 0.258 e. The van der Waals surface area contributed by atoms with Gasteiger partial charge >= 0.3 is 0 Å². The molecular weight excluding hydrogens is 344 g/mol. The lowest BCUT2D eigenvalue weighted by Crippen LogP contribution is -2.46. The Kier molecular flexibility index (Phi) is 5.44. The van der Waals surface area contributed by atoms with Gasteiger partial charge in [0.05, 0.1) is 32.7 Å². The number of hydrogen-bond donors (Lipinski definition) is 0. The number of benzene rings is 2. The number of amides is 1. The summed E-state index contributed by atoms with van der Waals surface area (Å²) in [5, 5.41) is 0. The van der Waals surface area contributed by atoms with E-state index in [1.54, 1.807) is 33.5 Å². The molecule has 1 amide bonds. The first-order valence-electron chi connectivity index (χ1n) is 8.99. The first kappa shape index (κ1) is 18.9. The molecule has 2 aromatic carbocycles. The van der Waals surface area contributed by atoms with Crippen molar-refractivity contribution < 1.29 is 19.0 Å². The Morgan fingerprint density at radius 1 is 0.926 bits per heavy atom. The lowest BCUT2D eigenvalue weighted by atomic mass is 10.1. The SMILES string of the molecule is COc1cc(C(=O)N2CCN(C(C)C)c3ccccc32)cc(OC)c1OC. The van der Waals surface area contributed by atoms with Crippen LogP contribution >= 0.6 is 0 Å². The summed E-state index contributed by atoms with van der Waals surface area (Å²) in [6.45, 7) is 5.72. The zero-order valence-corrected chi connectivity index (χ0v) is 16.5. The van der Waals surface area contributed by atoms with Crippen molar-refractivity contribution >= 4 is 17.3 Å². The first-order chi connectivity index (χ1) is 13.0. The summed E-state index contributed by atoms with van der Waals surface area (Å²) in [4.78, 5) is 17.5. The number of anilines is 2. The Morgan fingerprint density at radius 3 is 2.04 bits per heavy atom. The highest BCUT2D eigenvalue weighted by Gasteiger charge is 2.29. The van der Waals surface area contributed by atoms with E-state index >= 15 is 0 Å². The maximum atomic E-state index is 13.3. The highest BCUT2D eigenvalue weighted by molar-refractivity contribution is 6.09. The predicted molar refractivity (Wildman–Crippen MR) is 107 cm³/mol. The molecule has 6 nitrogen and oxygen atoms in total. The van der Waals surface area contributed by atoms with Crippen molar-refractivity contribution in [1.82, 2.24) is 0 Å². The van der Waals surface area contributed by atoms with Gasteiger partial charge in [-0.1, -0.05) is 12.1 Å². The van der Waals surface area contributed by atoms with E-state index in [1.165, 1.54) is 0 Å². The van der Waals surface area contributed by atoms with Crippen LogP contribution in [-0.4, -0.2) is 46.4 Å². The third-order valence-corrected chi connectivity index (χ3v) is 4.83. The van der Waals surface area contributed by atoms with Crippen molar-refractivity contribution in [3.8, 4) is 17.2 Å². The predicted octanol–water partition coefficient (Wildman–Crippen LogP) is 3.59. The van der Waals surface area contributed by atoms with Crippen LogP contribution in [0, 0.1) is 0 Å². The first-order valence-corrected chi connectivity index (χ1v) is 8.99. The highest BCUT2D eigenvalue weighted by atomic mass is 16.5. The number of para-hydroxylation sites is 2. The number of carbonyl (C=O) groups is 1. The molecule has 0 saturated heterocycles. The van der Waals surface area contributed by atoms with Gasteiger partial charge in [0.1, 0.15) is 0 Å². The number of fused-ring (bicyclic) bond motifs is 1. The van der Waals surface area contributed by atoms with E-state index in [4.69, 9.17) is 14.2 Å². The summed E-state index contributed by atoms with van der Waals surface area (Å²) >= 11 is 0. The van der Waals surface area contributed by atoms with Gasteiger partial charge in [0.25, 0.3) is 5.91 Å². The second kappa shape index (κ2) is 7.78. The Bertz CT molecular complexity index is 810. The molecule has 2 aromatic rings. The van der Waals surface area contributed by atoms with Gasteiger partial charge in [-0.3, -0.25) is 4.79 Å². The van der Waals surface area contributed by atoms with Crippen LogP contribution in [0.2, 0.25) is 0 Å². The fraction of sp³-hybridized carbons (Fsp3) is 0.381. The zero-order valence-electron chi connectivity index (χ0n) is 16.5. The van der Waals surface area contributed by atoms with Crippen LogP contribution in [-0.2, 0) is 0 Å². The molecule has 0 saturated carbocycles. The molecule has 1 aliphatic heterocycles. The summed E-state index contributed by atoms with van der Waals surface area (Å²) < 4.78 is 16.1. The molecule has 1 heterocycles. The minimum Gasteiger partial charge on any atom is -0.493 e. The normalized spacial score (nSPS) is 13.4. The largest absolute Gasteiger partial charge is 0.493 e.